The third-order valence-electron chi connectivity index (χ3n) is 6.63. The number of hydrogen-bond acceptors (Lipinski definition) is 6. The number of rotatable bonds is 14. The van der Waals surface area contributed by atoms with Crippen LogP contribution in [0.1, 0.15) is 66.4 Å². The molecule has 3 aromatic rings. The van der Waals surface area contributed by atoms with E-state index in [-0.39, 0.29) is 25.3 Å². The Bertz CT molecular complexity index is 1440. The maximum absolute atomic E-state index is 13.8. The van der Waals surface area contributed by atoms with E-state index in [9.17, 15) is 40.7 Å². The first-order chi connectivity index (χ1) is 21.7. The van der Waals surface area contributed by atoms with Gasteiger partial charge in [-0.25, -0.2) is 0 Å². The van der Waals surface area contributed by atoms with Gasteiger partial charge in [0.05, 0.1) is 18.9 Å². The third-order valence-corrected chi connectivity index (χ3v) is 6.63. The van der Waals surface area contributed by atoms with Gasteiger partial charge in [0.25, 0.3) is 5.91 Å². The van der Waals surface area contributed by atoms with Gasteiger partial charge in [-0.1, -0.05) is 37.6 Å². The molecule has 3 rings (SSSR count). The van der Waals surface area contributed by atoms with Crippen LogP contribution in [0.15, 0.2) is 72.8 Å². The van der Waals surface area contributed by atoms with Crippen molar-refractivity contribution in [3.8, 4) is 11.5 Å². The van der Waals surface area contributed by atoms with Gasteiger partial charge in [0.15, 0.2) is 0 Å². The summed E-state index contributed by atoms with van der Waals surface area (Å²) < 4.78 is 88.6. The van der Waals surface area contributed by atoms with Gasteiger partial charge in [0.2, 0.25) is 5.91 Å². The van der Waals surface area contributed by atoms with Crippen LogP contribution >= 0.6 is 0 Å². The second-order valence-corrected chi connectivity index (χ2v) is 9.98. The third kappa shape index (κ3) is 11.3. The van der Waals surface area contributed by atoms with E-state index in [1.165, 1.54) is 24.3 Å². The number of carbonyl (C=O) groups is 3. The number of benzene rings is 3. The summed E-state index contributed by atoms with van der Waals surface area (Å²) in [4.78, 5) is 37.9. The van der Waals surface area contributed by atoms with Crippen molar-refractivity contribution in [3.63, 3.8) is 0 Å². The van der Waals surface area contributed by atoms with E-state index >= 15 is 0 Å². The average Bonchev–Trinajstić information content (AvgIpc) is 2.97. The number of ether oxygens (including phenoxy) is 3. The molecule has 14 heteroatoms. The molecule has 0 bridgehead atoms. The molecular weight excluding hydrogens is 622 g/mol. The molecule has 0 aliphatic carbocycles. The Balaban J connectivity index is 1.89. The average molecular weight is 655 g/mol. The van der Waals surface area contributed by atoms with E-state index in [1.807, 2.05) is 6.92 Å². The predicted molar refractivity (Wildman–Crippen MR) is 155 cm³/mol. The summed E-state index contributed by atoms with van der Waals surface area (Å²) in [6, 6.07) is 15.7. The molecule has 0 unspecified atom stereocenters. The van der Waals surface area contributed by atoms with Crippen LogP contribution < -0.4 is 20.1 Å². The van der Waals surface area contributed by atoms with Crippen LogP contribution in [-0.2, 0) is 14.3 Å². The first-order valence-corrected chi connectivity index (χ1v) is 14.2. The standard InChI is InChI=1S/C32H32F6N2O6/c1-3-5-26(20-6-8-22(9-7-20)29(42)39-19-18-27(41)44-4-2)28(21-10-14-24(15-11-21)45-31(33,34)35)30(43)40-23-12-16-25(17-13-23)46-32(36,37)38/h6-17,26,28H,3-5,18-19H2,1-2H3,(H,39,42)(H,40,43)/t26-,28+/m1/s1. The predicted octanol–water partition coefficient (Wildman–Crippen LogP) is 7.47. The fraction of sp³-hybridized carbons (Fsp3) is 0.344. The molecule has 0 radical (unpaired) electrons. The van der Waals surface area contributed by atoms with Crippen molar-refractivity contribution in [1.82, 2.24) is 5.32 Å². The number of carbonyl (C=O) groups excluding carboxylic acids is 3. The minimum Gasteiger partial charge on any atom is -0.466 e. The van der Waals surface area contributed by atoms with Crippen LogP contribution in [0.3, 0.4) is 0 Å². The summed E-state index contributed by atoms with van der Waals surface area (Å²) in [6.45, 7) is 3.84. The lowest BCUT2D eigenvalue weighted by Crippen LogP contribution is -2.27. The van der Waals surface area contributed by atoms with Crippen molar-refractivity contribution >= 4 is 23.5 Å². The second-order valence-electron chi connectivity index (χ2n) is 9.98. The number of alkyl halides is 6. The van der Waals surface area contributed by atoms with Crippen LogP contribution in [0.25, 0.3) is 0 Å². The van der Waals surface area contributed by atoms with Crippen LogP contribution in [0.2, 0.25) is 0 Å². The van der Waals surface area contributed by atoms with E-state index in [2.05, 4.69) is 20.1 Å². The van der Waals surface area contributed by atoms with Crippen molar-refractivity contribution in [1.29, 1.82) is 0 Å². The fourth-order valence-electron chi connectivity index (χ4n) is 4.73. The molecule has 0 saturated heterocycles. The molecule has 2 atom stereocenters. The van der Waals surface area contributed by atoms with Crippen LogP contribution in [0, 0.1) is 0 Å². The maximum atomic E-state index is 13.8. The van der Waals surface area contributed by atoms with E-state index in [0.717, 1.165) is 24.3 Å². The maximum Gasteiger partial charge on any atom is 0.573 e. The van der Waals surface area contributed by atoms with Crippen molar-refractivity contribution in [2.24, 2.45) is 0 Å². The van der Waals surface area contributed by atoms with Crippen molar-refractivity contribution in [2.45, 2.75) is 57.7 Å². The molecule has 46 heavy (non-hydrogen) atoms. The summed E-state index contributed by atoms with van der Waals surface area (Å²) in [5.41, 5.74) is 1.45. The monoisotopic (exact) mass is 654 g/mol. The lowest BCUT2D eigenvalue weighted by molar-refractivity contribution is -0.275. The highest BCUT2D eigenvalue weighted by Crippen LogP contribution is 2.39. The Morgan fingerprint density at radius 2 is 1.26 bits per heavy atom. The highest BCUT2D eigenvalue weighted by atomic mass is 19.4. The Morgan fingerprint density at radius 1 is 0.739 bits per heavy atom. The summed E-state index contributed by atoms with van der Waals surface area (Å²) in [5, 5.41) is 5.30. The molecule has 0 fully saturated rings. The molecular formula is C32H32F6N2O6. The molecule has 2 N–H and O–H groups in total. The number of esters is 1. The van der Waals surface area contributed by atoms with Gasteiger partial charge in [0.1, 0.15) is 11.5 Å². The minimum absolute atomic E-state index is 0.00207. The lowest BCUT2D eigenvalue weighted by atomic mass is 9.78. The zero-order valence-corrected chi connectivity index (χ0v) is 24.8. The molecule has 8 nitrogen and oxygen atoms in total. The van der Waals surface area contributed by atoms with E-state index in [0.29, 0.717) is 29.5 Å². The van der Waals surface area contributed by atoms with E-state index in [4.69, 9.17) is 4.74 Å². The quantitative estimate of drug-likeness (QED) is 0.138. The highest BCUT2D eigenvalue weighted by Gasteiger charge is 2.34. The van der Waals surface area contributed by atoms with Crippen LogP contribution in [-0.4, -0.2) is 43.7 Å². The molecule has 2 amide bonds. The normalized spacial score (nSPS) is 12.9. The number of anilines is 1. The molecule has 0 aromatic heterocycles. The molecule has 0 saturated carbocycles. The fourth-order valence-corrected chi connectivity index (χ4v) is 4.73. The van der Waals surface area contributed by atoms with E-state index < -0.39 is 53.8 Å². The summed E-state index contributed by atoms with van der Waals surface area (Å²) in [5.74, 6) is -3.95. The van der Waals surface area contributed by atoms with Crippen LogP contribution in [0.4, 0.5) is 32.0 Å². The highest BCUT2D eigenvalue weighted by molar-refractivity contribution is 5.97. The number of amides is 2. The Labute approximate surface area is 261 Å². The summed E-state index contributed by atoms with van der Waals surface area (Å²) in [6.07, 6.45) is -8.77. The Kier molecular flexibility index (Phi) is 12.4. The molecule has 0 aliphatic rings. The second kappa shape index (κ2) is 16.0. The zero-order valence-electron chi connectivity index (χ0n) is 24.8. The lowest BCUT2D eigenvalue weighted by Gasteiger charge is -2.28. The first kappa shape index (κ1) is 35.7. The smallest absolute Gasteiger partial charge is 0.466 e. The van der Waals surface area contributed by atoms with Gasteiger partial charge in [0, 0.05) is 17.8 Å². The van der Waals surface area contributed by atoms with Gasteiger partial charge in [-0.2, -0.15) is 0 Å². The van der Waals surface area contributed by atoms with Crippen molar-refractivity contribution in [2.75, 3.05) is 18.5 Å². The van der Waals surface area contributed by atoms with E-state index in [1.54, 1.807) is 31.2 Å². The van der Waals surface area contributed by atoms with Gasteiger partial charge < -0.3 is 24.8 Å². The van der Waals surface area contributed by atoms with Crippen LogP contribution in [0.5, 0.6) is 11.5 Å². The van der Waals surface area contributed by atoms with Gasteiger partial charge >= 0.3 is 18.7 Å². The number of hydrogen-bond donors (Lipinski definition) is 2. The SMILES string of the molecule is CCC[C@H](c1ccc(C(=O)NCCC(=O)OCC)cc1)[C@@H](C(=O)Nc1ccc(OC(F)(F)F)cc1)c1ccc(OC(F)(F)F)cc1. The topological polar surface area (TPSA) is 103 Å². The van der Waals surface area contributed by atoms with Gasteiger partial charge in [-0.05, 0) is 78.9 Å². The minimum atomic E-state index is -4.92. The van der Waals surface area contributed by atoms with Crippen molar-refractivity contribution in [3.05, 3.63) is 89.5 Å². The number of nitrogens with one attached hydrogen (secondary N) is 2. The van der Waals surface area contributed by atoms with Gasteiger partial charge in [-0.15, -0.1) is 26.3 Å². The first-order valence-electron chi connectivity index (χ1n) is 14.2. The van der Waals surface area contributed by atoms with Gasteiger partial charge in [-0.3, -0.25) is 14.4 Å². The summed E-state index contributed by atoms with van der Waals surface area (Å²) >= 11 is 0. The Hall–Kier alpha value is -4.75. The number of halogens is 6. The van der Waals surface area contributed by atoms with Crippen molar-refractivity contribution < 1.29 is 54.9 Å². The summed E-state index contributed by atoms with van der Waals surface area (Å²) in [7, 11) is 0. The molecule has 0 spiro atoms. The zero-order chi connectivity index (χ0) is 33.9. The molecule has 248 valence electrons. The molecule has 3 aromatic carbocycles. The largest absolute Gasteiger partial charge is 0.573 e. The molecule has 0 aliphatic heterocycles. The Morgan fingerprint density at radius 3 is 1.76 bits per heavy atom. The molecule has 0 heterocycles.